The Hall–Kier alpha value is -2.11. The van der Waals surface area contributed by atoms with Crippen molar-refractivity contribution >= 4 is 11.6 Å². The van der Waals surface area contributed by atoms with Crippen LogP contribution >= 0.6 is 0 Å². The van der Waals surface area contributed by atoms with E-state index in [4.69, 9.17) is 5.73 Å². The molecule has 0 radical (unpaired) electrons. The van der Waals surface area contributed by atoms with Crippen LogP contribution in [0.15, 0.2) is 18.7 Å². The molecule has 0 aliphatic carbocycles. The normalized spacial score (nSPS) is 10.6. The SMILES string of the molecule is CCCc1nc(N)c(C)c(NCCn2ccnc2)n1. The number of nitrogen functional groups attached to an aromatic ring is 1. The molecule has 6 heteroatoms. The van der Waals surface area contributed by atoms with E-state index in [-0.39, 0.29) is 0 Å². The molecule has 0 saturated heterocycles. The number of hydrogen-bond acceptors (Lipinski definition) is 5. The van der Waals surface area contributed by atoms with Crippen LogP contribution in [0.25, 0.3) is 0 Å². The summed E-state index contributed by atoms with van der Waals surface area (Å²) in [5, 5.41) is 3.31. The number of nitrogens with zero attached hydrogens (tertiary/aromatic N) is 4. The first-order valence-electron chi connectivity index (χ1n) is 6.53. The second-order valence-electron chi connectivity index (χ2n) is 4.48. The Bertz CT molecular complexity index is 520. The van der Waals surface area contributed by atoms with Crippen molar-refractivity contribution in [2.24, 2.45) is 0 Å². The monoisotopic (exact) mass is 260 g/mol. The third-order valence-electron chi connectivity index (χ3n) is 2.93. The molecule has 2 heterocycles. The van der Waals surface area contributed by atoms with Gasteiger partial charge in [-0.05, 0) is 13.3 Å². The highest BCUT2D eigenvalue weighted by molar-refractivity contribution is 5.54. The maximum atomic E-state index is 5.91. The minimum atomic E-state index is 0.559. The zero-order valence-electron chi connectivity index (χ0n) is 11.4. The Morgan fingerprint density at radius 1 is 1.37 bits per heavy atom. The lowest BCUT2D eigenvalue weighted by molar-refractivity contribution is 0.723. The summed E-state index contributed by atoms with van der Waals surface area (Å²) >= 11 is 0. The molecule has 3 N–H and O–H groups in total. The predicted molar refractivity (Wildman–Crippen MR) is 75.9 cm³/mol. The average molecular weight is 260 g/mol. The Balaban J connectivity index is 2.02. The number of anilines is 2. The molecule has 6 nitrogen and oxygen atoms in total. The van der Waals surface area contributed by atoms with Crippen LogP contribution in [0.2, 0.25) is 0 Å². The predicted octanol–water partition coefficient (Wildman–Crippen LogP) is 1.63. The third kappa shape index (κ3) is 3.43. The van der Waals surface area contributed by atoms with Crippen molar-refractivity contribution in [3.05, 3.63) is 30.1 Å². The highest BCUT2D eigenvalue weighted by Crippen LogP contribution is 2.17. The average Bonchev–Trinajstić information content (AvgIpc) is 2.88. The van der Waals surface area contributed by atoms with Crippen molar-refractivity contribution in [2.45, 2.75) is 33.2 Å². The zero-order chi connectivity index (χ0) is 13.7. The minimum absolute atomic E-state index is 0.559. The van der Waals surface area contributed by atoms with E-state index in [0.29, 0.717) is 5.82 Å². The standard InChI is InChI=1S/C13H20N6/c1-3-4-11-17-12(14)10(2)13(18-11)16-6-8-19-7-5-15-9-19/h5,7,9H,3-4,6,8H2,1-2H3,(H3,14,16,17,18). The van der Waals surface area contributed by atoms with Crippen LogP contribution in [0, 0.1) is 6.92 Å². The van der Waals surface area contributed by atoms with Crippen LogP contribution in [-0.4, -0.2) is 26.1 Å². The molecule has 2 rings (SSSR count). The van der Waals surface area contributed by atoms with Gasteiger partial charge in [-0.15, -0.1) is 0 Å². The molecule has 0 aromatic carbocycles. The van der Waals surface area contributed by atoms with E-state index >= 15 is 0 Å². The van der Waals surface area contributed by atoms with E-state index in [1.807, 2.05) is 17.7 Å². The van der Waals surface area contributed by atoms with Gasteiger partial charge in [0.25, 0.3) is 0 Å². The minimum Gasteiger partial charge on any atom is -0.383 e. The fraction of sp³-hybridized carbons (Fsp3) is 0.462. The molecule has 0 spiro atoms. The lowest BCUT2D eigenvalue weighted by Gasteiger charge is -2.12. The van der Waals surface area contributed by atoms with Crippen LogP contribution in [0.5, 0.6) is 0 Å². The molecule has 0 aliphatic rings. The number of rotatable bonds is 6. The number of nitrogens with two attached hydrogens (primary N) is 1. The number of hydrogen-bond donors (Lipinski definition) is 2. The summed E-state index contributed by atoms with van der Waals surface area (Å²) in [6, 6.07) is 0. The summed E-state index contributed by atoms with van der Waals surface area (Å²) in [7, 11) is 0. The Morgan fingerprint density at radius 3 is 2.89 bits per heavy atom. The van der Waals surface area contributed by atoms with E-state index in [2.05, 4.69) is 27.2 Å². The van der Waals surface area contributed by atoms with Crippen molar-refractivity contribution < 1.29 is 0 Å². The van der Waals surface area contributed by atoms with Crippen LogP contribution in [0.4, 0.5) is 11.6 Å². The van der Waals surface area contributed by atoms with Gasteiger partial charge < -0.3 is 15.6 Å². The van der Waals surface area contributed by atoms with E-state index in [1.165, 1.54) is 0 Å². The molecule has 102 valence electrons. The molecular formula is C13H20N6. The Morgan fingerprint density at radius 2 is 2.21 bits per heavy atom. The molecule has 19 heavy (non-hydrogen) atoms. The summed E-state index contributed by atoms with van der Waals surface area (Å²) in [5.41, 5.74) is 6.82. The van der Waals surface area contributed by atoms with Gasteiger partial charge in [-0.25, -0.2) is 15.0 Å². The maximum absolute atomic E-state index is 5.91. The Labute approximate surface area is 113 Å². The molecule has 0 atom stereocenters. The molecule has 0 saturated carbocycles. The van der Waals surface area contributed by atoms with Gasteiger partial charge >= 0.3 is 0 Å². The fourth-order valence-electron chi connectivity index (χ4n) is 1.81. The first kappa shape index (κ1) is 13.3. The van der Waals surface area contributed by atoms with E-state index in [1.54, 1.807) is 12.5 Å². The van der Waals surface area contributed by atoms with Gasteiger partial charge in [-0.2, -0.15) is 0 Å². The van der Waals surface area contributed by atoms with Gasteiger partial charge in [0.05, 0.1) is 6.33 Å². The lowest BCUT2D eigenvalue weighted by atomic mass is 10.2. The second kappa shape index (κ2) is 6.17. The summed E-state index contributed by atoms with van der Waals surface area (Å²) in [6.45, 7) is 5.65. The molecular weight excluding hydrogens is 240 g/mol. The fourth-order valence-corrected chi connectivity index (χ4v) is 1.81. The molecule has 2 aromatic heterocycles. The van der Waals surface area contributed by atoms with Crippen molar-refractivity contribution in [2.75, 3.05) is 17.6 Å². The smallest absolute Gasteiger partial charge is 0.134 e. The Kier molecular flexibility index (Phi) is 4.33. The van der Waals surface area contributed by atoms with E-state index in [0.717, 1.165) is 43.1 Å². The van der Waals surface area contributed by atoms with Gasteiger partial charge in [-0.3, -0.25) is 0 Å². The largest absolute Gasteiger partial charge is 0.383 e. The van der Waals surface area contributed by atoms with Gasteiger partial charge in [0.15, 0.2) is 0 Å². The molecule has 0 fully saturated rings. The van der Waals surface area contributed by atoms with Crippen molar-refractivity contribution in [3.8, 4) is 0 Å². The van der Waals surface area contributed by atoms with Crippen molar-refractivity contribution in [1.29, 1.82) is 0 Å². The van der Waals surface area contributed by atoms with Crippen molar-refractivity contribution in [1.82, 2.24) is 19.5 Å². The molecule has 0 amide bonds. The molecule has 0 aliphatic heterocycles. The van der Waals surface area contributed by atoms with E-state index < -0.39 is 0 Å². The number of aromatic nitrogens is 4. The van der Waals surface area contributed by atoms with E-state index in [9.17, 15) is 0 Å². The molecule has 0 unspecified atom stereocenters. The summed E-state index contributed by atoms with van der Waals surface area (Å²) in [4.78, 5) is 12.8. The van der Waals surface area contributed by atoms with Gasteiger partial charge in [0.2, 0.25) is 0 Å². The molecule has 0 bridgehead atoms. The van der Waals surface area contributed by atoms with Crippen LogP contribution in [0.1, 0.15) is 24.7 Å². The quantitative estimate of drug-likeness (QED) is 0.825. The van der Waals surface area contributed by atoms with Gasteiger partial charge in [0.1, 0.15) is 17.5 Å². The van der Waals surface area contributed by atoms with Crippen LogP contribution < -0.4 is 11.1 Å². The topological polar surface area (TPSA) is 81.6 Å². The summed E-state index contributed by atoms with van der Waals surface area (Å²) < 4.78 is 2.01. The first-order chi connectivity index (χ1) is 9.20. The molecule has 2 aromatic rings. The van der Waals surface area contributed by atoms with Gasteiger partial charge in [0, 0.05) is 37.5 Å². The highest BCUT2D eigenvalue weighted by atomic mass is 15.1. The summed E-state index contributed by atoms with van der Waals surface area (Å²) in [6.07, 6.45) is 7.36. The summed E-state index contributed by atoms with van der Waals surface area (Å²) in [5.74, 6) is 2.19. The van der Waals surface area contributed by atoms with Gasteiger partial charge in [-0.1, -0.05) is 6.92 Å². The van der Waals surface area contributed by atoms with Crippen molar-refractivity contribution in [3.63, 3.8) is 0 Å². The zero-order valence-corrected chi connectivity index (χ0v) is 11.4. The van der Waals surface area contributed by atoms with Crippen LogP contribution in [0.3, 0.4) is 0 Å². The lowest BCUT2D eigenvalue weighted by Crippen LogP contribution is -2.14. The number of imidazole rings is 1. The first-order valence-corrected chi connectivity index (χ1v) is 6.53. The third-order valence-corrected chi connectivity index (χ3v) is 2.93. The maximum Gasteiger partial charge on any atom is 0.134 e. The number of aryl methyl sites for hydroxylation is 1. The second-order valence-corrected chi connectivity index (χ2v) is 4.48. The highest BCUT2D eigenvalue weighted by Gasteiger charge is 2.07. The number of nitrogens with one attached hydrogen (secondary N) is 1. The van der Waals surface area contributed by atoms with Crippen LogP contribution in [-0.2, 0) is 13.0 Å².